The highest BCUT2D eigenvalue weighted by Gasteiger charge is 2.21. The van der Waals surface area contributed by atoms with Gasteiger partial charge in [0.2, 0.25) is 5.91 Å². The number of rotatable bonds is 4. The fourth-order valence-corrected chi connectivity index (χ4v) is 3.29. The standard InChI is InChI=1S/C17H19N3O2S/c21-15(12-4-2-1-3-5-12)19-14-8-6-13(7-9-14)16(22)20-17-18-10-11-23-17/h6-12H,1-5H2,(H,19,21)(H,18,20,22). The molecule has 1 aromatic heterocycles. The highest BCUT2D eigenvalue weighted by molar-refractivity contribution is 7.13. The molecular weight excluding hydrogens is 310 g/mol. The van der Waals surface area contributed by atoms with E-state index in [4.69, 9.17) is 0 Å². The van der Waals surface area contributed by atoms with Crippen LogP contribution < -0.4 is 10.6 Å². The Morgan fingerprint density at radius 3 is 2.43 bits per heavy atom. The lowest BCUT2D eigenvalue weighted by atomic mass is 9.88. The zero-order chi connectivity index (χ0) is 16.1. The maximum atomic E-state index is 12.2. The van der Waals surface area contributed by atoms with Gasteiger partial charge in [0, 0.05) is 28.7 Å². The maximum Gasteiger partial charge on any atom is 0.257 e. The van der Waals surface area contributed by atoms with Gasteiger partial charge in [0.25, 0.3) is 5.91 Å². The molecule has 1 saturated carbocycles. The van der Waals surface area contributed by atoms with E-state index in [1.807, 2.05) is 0 Å². The molecule has 0 atom stereocenters. The van der Waals surface area contributed by atoms with Gasteiger partial charge in [-0.05, 0) is 37.1 Å². The predicted molar refractivity (Wildman–Crippen MR) is 91.7 cm³/mol. The van der Waals surface area contributed by atoms with Crippen molar-refractivity contribution in [3.8, 4) is 0 Å². The third-order valence-electron chi connectivity index (χ3n) is 4.04. The number of carbonyl (C=O) groups excluding carboxylic acids is 2. The molecular formula is C17H19N3O2S. The van der Waals surface area contributed by atoms with Crippen LogP contribution in [0.2, 0.25) is 0 Å². The van der Waals surface area contributed by atoms with Crippen molar-refractivity contribution in [3.05, 3.63) is 41.4 Å². The summed E-state index contributed by atoms with van der Waals surface area (Å²) < 4.78 is 0. The summed E-state index contributed by atoms with van der Waals surface area (Å²) in [5.41, 5.74) is 1.27. The van der Waals surface area contributed by atoms with Crippen molar-refractivity contribution in [1.29, 1.82) is 0 Å². The van der Waals surface area contributed by atoms with Crippen LogP contribution in [0.3, 0.4) is 0 Å². The second kappa shape index (κ2) is 7.37. The summed E-state index contributed by atoms with van der Waals surface area (Å²) in [5.74, 6) is 0.00595. The number of aromatic nitrogens is 1. The predicted octanol–water partition coefficient (Wildman–Crippen LogP) is 3.91. The molecule has 1 fully saturated rings. The Labute approximate surface area is 139 Å². The van der Waals surface area contributed by atoms with E-state index in [2.05, 4.69) is 15.6 Å². The Kier molecular flexibility index (Phi) is 5.02. The third-order valence-corrected chi connectivity index (χ3v) is 4.73. The lowest BCUT2D eigenvalue weighted by molar-refractivity contribution is -0.120. The normalized spacial score (nSPS) is 15.1. The number of benzene rings is 1. The smallest absolute Gasteiger partial charge is 0.257 e. The lowest BCUT2D eigenvalue weighted by Gasteiger charge is -2.20. The molecule has 2 N–H and O–H groups in total. The molecule has 0 bridgehead atoms. The van der Waals surface area contributed by atoms with E-state index < -0.39 is 0 Å². The molecule has 0 radical (unpaired) electrons. The Morgan fingerprint density at radius 1 is 1.04 bits per heavy atom. The van der Waals surface area contributed by atoms with Gasteiger partial charge in [0.1, 0.15) is 0 Å². The monoisotopic (exact) mass is 329 g/mol. The van der Waals surface area contributed by atoms with E-state index >= 15 is 0 Å². The van der Waals surface area contributed by atoms with Crippen LogP contribution >= 0.6 is 11.3 Å². The lowest BCUT2D eigenvalue weighted by Crippen LogP contribution is -2.24. The van der Waals surface area contributed by atoms with Gasteiger partial charge in [-0.2, -0.15) is 0 Å². The van der Waals surface area contributed by atoms with E-state index in [1.54, 1.807) is 35.8 Å². The Hall–Kier alpha value is -2.21. The molecule has 0 spiro atoms. The van der Waals surface area contributed by atoms with Gasteiger partial charge in [0.05, 0.1) is 0 Å². The molecule has 0 aliphatic heterocycles. The van der Waals surface area contributed by atoms with Crippen LogP contribution in [0.25, 0.3) is 0 Å². The highest BCUT2D eigenvalue weighted by atomic mass is 32.1. The molecule has 1 heterocycles. The Balaban J connectivity index is 1.58. The van der Waals surface area contributed by atoms with Crippen LogP contribution in [0.5, 0.6) is 0 Å². The molecule has 0 saturated heterocycles. The van der Waals surface area contributed by atoms with Crippen LogP contribution in [0.4, 0.5) is 10.8 Å². The second-order valence-electron chi connectivity index (χ2n) is 5.69. The number of carbonyl (C=O) groups is 2. The van der Waals surface area contributed by atoms with E-state index in [9.17, 15) is 9.59 Å². The molecule has 0 unspecified atom stereocenters. The van der Waals surface area contributed by atoms with Crippen molar-refractivity contribution >= 4 is 34.0 Å². The van der Waals surface area contributed by atoms with Crippen LogP contribution in [0, 0.1) is 5.92 Å². The summed E-state index contributed by atoms with van der Waals surface area (Å²) in [6.07, 6.45) is 7.08. The minimum absolute atomic E-state index is 0.0877. The summed E-state index contributed by atoms with van der Waals surface area (Å²) in [6.45, 7) is 0. The minimum Gasteiger partial charge on any atom is -0.326 e. The zero-order valence-electron chi connectivity index (χ0n) is 12.7. The first-order chi connectivity index (χ1) is 11.2. The minimum atomic E-state index is -0.204. The maximum absolute atomic E-state index is 12.2. The summed E-state index contributed by atoms with van der Waals surface area (Å²) in [7, 11) is 0. The van der Waals surface area contributed by atoms with Crippen molar-refractivity contribution < 1.29 is 9.59 Å². The van der Waals surface area contributed by atoms with Gasteiger partial charge >= 0.3 is 0 Å². The summed E-state index contributed by atoms with van der Waals surface area (Å²) in [5, 5.41) is 8.05. The van der Waals surface area contributed by atoms with Gasteiger partial charge in [-0.1, -0.05) is 19.3 Å². The first-order valence-electron chi connectivity index (χ1n) is 7.84. The molecule has 2 amide bonds. The quantitative estimate of drug-likeness (QED) is 0.893. The molecule has 1 aliphatic carbocycles. The SMILES string of the molecule is O=C(Nc1nccs1)c1ccc(NC(=O)C2CCCCC2)cc1. The number of nitrogens with one attached hydrogen (secondary N) is 2. The topological polar surface area (TPSA) is 71.1 Å². The van der Waals surface area contributed by atoms with Crippen LogP contribution in [-0.2, 0) is 4.79 Å². The molecule has 23 heavy (non-hydrogen) atoms. The average molecular weight is 329 g/mol. The molecule has 5 nitrogen and oxygen atoms in total. The van der Waals surface area contributed by atoms with Crippen molar-refractivity contribution in [2.75, 3.05) is 10.6 Å². The number of amides is 2. The van der Waals surface area contributed by atoms with Crippen molar-refractivity contribution in [2.45, 2.75) is 32.1 Å². The summed E-state index contributed by atoms with van der Waals surface area (Å²) in [4.78, 5) is 28.3. The van der Waals surface area contributed by atoms with Crippen LogP contribution in [0.15, 0.2) is 35.8 Å². The van der Waals surface area contributed by atoms with Crippen molar-refractivity contribution in [1.82, 2.24) is 4.98 Å². The Morgan fingerprint density at radius 2 is 1.78 bits per heavy atom. The van der Waals surface area contributed by atoms with Gasteiger partial charge in [-0.15, -0.1) is 11.3 Å². The third kappa shape index (κ3) is 4.16. The summed E-state index contributed by atoms with van der Waals surface area (Å²) >= 11 is 1.37. The number of nitrogens with zero attached hydrogens (tertiary/aromatic N) is 1. The van der Waals surface area contributed by atoms with Crippen molar-refractivity contribution in [2.24, 2.45) is 5.92 Å². The molecule has 3 rings (SSSR count). The molecule has 6 heteroatoms. The van der Waals surface area contributed by atoms with Gasteiger partial charge in [0.15, 0.2) is 5.13 Å². The second-order valence-corrected chi connectivity index (χ2v) is 6.59. The number of hydrogen-bond donors (Lipinski definition) is 2. The van der Waals surface area contributed by atoms with Crippen LogP contribution in [0.1, 0.15) is 42.5 Å². The molecule has 1 aliphatic rings. The van der Waals surface area contributed by atoms with Gasteiger partial charge < -0.3 is 5.32 Å². The van der Waals surface area contributed by atoms with Gasteiger partial charge in [-0.3, -0.25) is 14.9 Å². The van der Waals surface area contributed by atoms with E-state index in [-0.39, 0.29) is 17.7 Å². The fraction of sp³-hybridized carbons (Fsp3) is 0.353. The number of anilines is 2. The molecule has 1 aromatic carbocycles. The number of hydrogen-bond acceptors (Lipinski definition) is 4. The first kappa shape index (κ1) is 15.7. The van der Waals surface area contributed by atoms with E-state index in [1.165, 1.54) is 17.8 Å². The van der Waals surface area contributed by atoms with E-state index in [0.717, 1.165) is 31.4 Å². The van der Waals surface area contributed by atoms with Gasteiger partial charge in [-0.25, -0.2) is 4.98 Å². The molecule has 120 valence electrons. The van der Waals surface area contributed by atoms with E-state index in [0.29, 0.717) is 10.7 Å². The summed E-state index contributed by atoms with van der Waals surface area (Å²) in [6, 6.07) is 6.94. The number of thiazole rings is 1. The fourth-order valence-electron chi connectivity index (χ4n) is 2.77. The first-order valence-corrected chi connectivity index (χ1v) is 8.72. The Bertz CT molecular complexity index is 662. The molecule has 2 aromatic rings. The zero-order valence-corrected chi connectivity index (χ0v) is 13.6. The van der Waals surface area contributed by atoms with Crippen LogP contribution in [-0.4, -0.2) is 16.8 Å². The highest BCUT2D eigenvalue weighted by Crippen LogP contribution is 2.25. The average Bonchev–Trinajstić information content (AvgIpc) is 3.09. The van der Waals surface area contributed by atoms with Crippen molar-refractivity contribution in [3.63, 3.8) is 0 Å². The largest absolute Gasteiger partial charge is 0.326 e.